The second kappa shape index (κ2) is 6.72. The van der Waals surface area contributed by atoms with Crippen LogP contribution in [0.25, 0.3) is 0 Å². The van der Waals surface area contributed by atoms with Gasteiger partial charge in [-0.05, 0) is 51.8 Å². The summed E-state index contributed by atoms with van der Waals surface area (Å²) in [6.07, 6.45) is -0.679. The Labute approximate surface area is 125 Å². The molecule has 0 heterocycles. The van der Waals surface area contributed by atoms with Crippen molar-refractivity contribution in [1.82, 2.24) is 0 Å². The standard InChI is InChI=1S/C15H15BrFNO2/c1-20-12-4-2-3-10(7-12)15(19)9-18-14-6-5-11(17)8-13(14)16/h2-8,15,18-19H,9H2,1H3. The normalized spacial score (nSPS) is 12.0. The van der Waals surface area contributed by atoms with Crippen LogP contribution in [0.3, 0.4) is 0 Å². The maximum Gasteiger partial charge on any atom is 0.124 e. The molecule has 5 heteroatoms. The highest BCUT2D eigenvalue weighted by Crippen LogP contribution is 2.25. The average Bonchev–Trinajstić information content (AvgIpc) is 2.46. The molecular weight excluding hydrogens is 325 g/mol. The van der Waals surface area contributed by atoms with E-state index >= 15 is 0 Å². The quantitative estimate of drug-likeness (QED) is 0.871. The second-order valence-corrected chi connectivity index (χ2v) is 5.15. The fourth-order valence-electron chi connectivity index (χ4n) is 1.81. The lowest BCUT2D eigenvalue weighted by molar-refractivity contribution is 0.191. The van der Waals surface area contributed by atoms with Gasteiger partial charge < -0.3 is 15.2 Å². The molecule has 0 saturated heterocycles. The lowest BCUT2D eigenvalue weighted by atomic mass is 10.1. The second-order valence-electron chi connectivity index (χ2n) is 4.30. The first-order chi connectivity index (χ1) is 9.60. The molecular formula is C15H15BrFNO2. The Morgan fingerprint density at radius 2 is 2.10 bits per heavy atom. The zero-order chi connectivity index (χ0) is 14.5. The Kier molecular flexibility index (Phi) is 4.98. The van der Waals surface area contributed by atoms with Gasteiger partial charge in [-0.2, -0.15) is 0 Å². The van der Waals surface area contributed by atoms with Crippen LogP contribution in [-0.2, 0) is 0 Å². The number of anilines is 1. The molecule has 0 amide bonds. The molecule has 3 nitrogen and oxygen atoms in total. The lowest BCUT2D eigenvalue weighted by Gasteiger charge is -2.15. The van der Waals surface area contributed by atoms with Gasteiger partial charge in [0.15, 0.2) is 0 Å². The molecule has 0 aromatic heterocycles. The third-order valence-corrected chi connectivity index (χ3v) is 3.55. The zero-order valence-electron chi connectivity index (χ0n) is 10.9. The summed E-state index contributed by atoms with van der Waals surface area (Å²) in [5, 5.41) is 13.2. The predicted octanol–water partition coefficient (Wildman–Crippen LogP) is 3.74. The molecule has 0 spiro atoms. The number of methoxy groups -OCH3 is 1. The number of benzene rings is 2. The third kappa shape index (κ3) is 3.71. The number of hydrogen-bond donors (Lipinski definition) is 2. The van der Waals surface area contributed by atoms with Crippen molar-refractivity contribution in [2.45, 2.75) is 6.10 Å². The van der Waals surface area contributed by atoms with Crippen molar-refractivity contribution in [3.63, 3.8) is 0 Å². The van der Waals surface area contributed by atoms with Crippen molar-refractivity contribution >= 4 is 21.6 Å². The van der Waals surface area contributed by atoms with E-state index in [1.54, 1.807) is 19.2 Å². The van der Waals surface area contributed by atoms with Crippen molar-refractivity contribution in [1.29, 1.82) is 0 Å². The van der Waals surface area contributed by atoms with E-state index < -0.39 is 6.10 Å². The summed E-state index contributed by atoms with van der Waals surface area (Å²) in [6, 6.07) is 11.6. The maximum atomic E-state index is 13.0. The first-order valence-corrected chi connectivity index (χ1v) is 6.90. The molecule has 2 aromatic carbocycles. The van der Waals surface area contributed by atoms with Gasteiger partial charge in [0.05, 0.1) is 13.2 Å². The van der Waals surface area contributed by atoms with E-state index in [1.165, 1.54) is 12.1 Å². The monoisotopic (exact) mass is 339 g/mol. The van der Waals surface area contributed by atoms with Gasteiger partial charge in [-0.25, -0.2) is 4.39 Å². The van der Waals surface area contributed by atoms with Gasteiger partial charge in [-0.15, -0.1) is 0 Å². The fraction of sp³-hybridized carbons (Fsp3) is 0.200. The van der Waals surface area contributed by atoms with Crippen molar-refractivity contribution in [2.75, 3.05) is 19.0 Å². The number of aliphatic hydroxyl groups is 1. The van der Waals surface area contributed by atoms with Crippen LogP contribution < -0.4 is 10.1 Å². The van der Waals surface area contributed by atoms with Crippen molar-refractivity contribution in [2.24, 2.45) is 0 Å². The third-order valence-electron chi connectivity index (χ3n) is 2.90. The number of nitrogens with one attached hydrogen (secondary N) is 1. The summed E-state index contributed by atoms with van der Waals surface area (Å²) in [5.74, 6) is 0.389. The Morgan fingerprint density at radius 3 is 2.80 bits per heavy atom. The Balaban J connectivity index is 2.02. The van der Waals surface area contributed by atoms with Crippen LogP contribution >= 0.6 is 15.9 Å². The summed E-state index contributed by atoms with van der Waals surface area (Å²) >= 11 is 3.27. The van der Waals surface area contributed by atoms with Crippen LogP contribution in [0.2, 0.25) is 0 Å². The van der Waals surface area contributed by atoms with E-state index in [9.17, 15) is 9.50 Å². The highest BCUT2D eigenvalue weighted by molar-refractivity contribution is 9.10. The molecule has 0 bridgehead atoms. The molecule has 0 aliphatic rings. The number of halogens is 2. The molecule has 1 unspecified atom stereocenters. The summed E-state index contributed by atoms with van der Waals surface area (Å²) in [6.45, 7) is 0.317. The maximum absolute atomic E-state index is 13.0. The number of ether oxygens (including phenoxy) is 1. The highest BCUT2D eigenvalue weighted by Gasteiger charge is 2.09. The molecule has 0 aliphatic heterocycles. The molecule has 0 aliphatic carbocycles. The number of hydrogen-bond acceptors (Lipinski definition) is 3. The van der Waals surface area contributed by atoms with Crippen LogP contribution in [0.1, 0.15) is 11.7 Å². The summed E-state index contributed by atoms with van der Waals surface area (Å²) in [4.78, 5) is 0. The SMILES string of the molecule is COc1cccc(C(O)CNc2ccc(F)cc2Br)c1. The van der Waals surface area contributed by atoms with Crippen LogP contribution in [0.4, 0.5) is 10.1 Å². The molecule has 0 saturated carbocycles. The molecule has 0 fully saturated rings. The van der Waals surface area contributed by atoms with Gasteiger partial charge in [0, 0.05) is 16.7 Å². The van der Waals surface area contributed by atoms with Gasteiger partial charge in [-0.1, -0.05) is 12.1 Å². The Hall–Kier alpha value is -1.59. The topological polar surface area (TPSA) is 41.5 Å². The van der Waals surface area contributed by atoms with Crippen LogP contribution in [-0.4, -0.2) is 18.8 Å². The fourth-order valence-corrected chi connectivity index (χ4v) is 2.30. The van der Waals surface area contributed by atoms with Crippen molar-refractivity contribution < 1.29 is 14.2 Å². The molecule has 2 aromatic rings. The summed E-state index contributed by atoms with van der Waals surface area (Å²) < 4.78 is 18.7. The molecule has 2 rings (SSSR count). The van der Waals surface area contributed by atoms with E-state index in [4.69, 9.17) is 4.74 Å². The molecule has 106 valence electrons. The van der Waals surface area contributed by atoms with Crippen LogP contribution in [0, 0.1) is 5.82 Å². The van der Waals surface area contributed by atoms with Gasteiger partial charge in [0.2, 0.25) is 0 Å². The summed E-state index contributed by atoms with van der Waals surface area (Å²) in [7, 11) is 1.58. The Morgan fingerprint density at radius 1 is 1.30 bits per heavy atom. The van der Waals surface area contributed by atoms with E-state index in [0.717, 1.165) is 11.3 Å². The first-order valence-electron chi connectivity index (χ1n) is 6.11. The van der Waals surface area contributed by atoms with E-state index in [1.807, 2.05) is 18.2 Å². The Bertz CT molecular complexity index is 592. The number of aliphatic hydroxyl groups excluding tert-OH is 1. The van der Waals surface area contributed by atoms with Crippen molar-refractivity contribution in [3.8, 4) is 5.75 Å². The minimum atomic E-state index is -0.679. The number of rotatable bonds is 5. The van der Waals surface area contributed by atoms with Crippen LogP contribution in [0.15, 0.2) is 46.9 Å². The van der Waals surface area contributed by atoms with E-state index in [2.05, 4.69) is 21.2 Å². The van der Waals surface area contributed by atoms with Gasteiger partial charge in [0.1, 0.15) is 11.6 Å². The van der Waals surface area contributed by atoms with E-state index in [0.29, 0.717) is 16.8 Å². The molecule has 2 N–H and O–H groups in total. The smallest absolute Gasteiger partial charge is 0.124 e. The molecule has 1 atom stereocenters. The zero-order valence-corrected chi connectivity index (χ0v) is 12.5. The highest BCUT2D eigenvalue weighted by atomic mass is 79.9. The van der Waals surface area contributed by atoms with Crippen molar-refractivity contribution in [3.05, 3.63) is 58.3 Å². The van der Waals surface area contributed by atoms with E-state index in [-0.39, 0.29) is 5.82 Å². The summed E-state index contributed by atoms with van der Waals surface area (Å²) in [5.41, 5.74) is 1.49. The largest absolute Gasteiger partial charge is 0.497 e. The lowest BCUT2D eigenvalue weighted by Crippen LogP contribution is -2.12. The van der Waals surface area contributed by atoms with Gasteiger partial charge >= 0.3 is 0 Å². The minimum absolute atomic E-state index is 0.309. The molecule has 20 heavy (non-hydrogen) atoms. The van der Waals surface area contributed by atoms with Gasteiger partial charge in [-0.3, -0.25) is 0 Å². The minimum Gasteiger partial charge on any atom is -0.497 e. The average molecular weight is 340 g/mol. The first kappa shape index (κ1) is 14.8. The van der Waals surface area contributed by atoms with Gasteiger partial charge in [0.25, 0.3) is 0 Å². The predicted molar refractivity (Wildman–Crippen MR) is 80.5 cm³/mol. The van der Waals surface area contributed by atoms with Crippen LogP contribution in [0.5, 0.6) is 5.75 Å². The molecule has 0 radical (unpaired) electrons.